The van der Waals surface area contributed by atoms with Crippen molar-refractivity contribution in [1.82, 2.24) is 19.5 Å². The van der Waals surface area contributed by atoms with Crippen molar-refractivity contribution in [2.75, 3.05) is 29.9 Å². The van der Waals surface area contributed by atoms with Gasteiger partial charge in [0.2, 0.25) is 27.0 Å². The van der Waals surface area contributed by atoms with Gasteiger partial charge in [0, 0.05) is 13.1 Å². The molecule has 1 aliphatic heterocycles. The van der Waals surface area contributed by atoms with Gasteiger partial charge in [-0.3, -0.25) is 4.79 Å². The maximum atomic E-state index is 12.9. The van der Waals surface area contributed by atoms with E-state index in [2.05, 4.69) is 20.5 Å². The second-order valence-corrected chi connectivity index (χ2v) is 9.59. The zero-order valence-corrected chi connectivity index (χ0v) is 17.4. The quantitative estimate of drug-likeness (QED) is 0.582. The first kappa shape index (κ1) is 20.9. The minimum Gasteiger partial charge on any atom is -0.368 e. The van der Waals surface area contributed by atoms with E-state index in [1.807, 2.05) is 0 Å². The fourth-order valence-electron chi connectivity index (χ4n) is 2.83. The van der Waals surface area contributed by atoms with Crippen molar-refractivity contribution in [2.45, 2.75) is 35.7 Å². The van der Waals surface area contributed by atoms with Gasteiger partial charge in [0.1, 0.15) is 0 Å². The monoisotopic (exact) mass is 444 g/mol. The topological polar surface area (TPSA) is 134 Å². The summed E-state index contributed by atoms with van der Waals surface area (Å²) in [7, 11) is -3.63. The molecule has 2 aromatic rings. The normalized spacial score (nSPS) is 15.9. The van der Waals surface area contributed by atoms with Crippen LogP contribution in [0.2, 0.25) is 5.02 Å². The molecule has 0 bridgehead atoms. The van der Waals surface area contributed by atoms with Gasteiger partial charge in [0.15, 0.2) is 0 Å². The molecule has 0 unspecified atom stereocenters. The molecule has 0 radical (unpaired) electrons. The minimum absolute atomic E-state index is 0.0245. The molecular formula is C16H21ClN6O3S2. The molecule has 1 amide bonds. The van der Waals surface area contributed by atoms with Crippen LogP contribution in [0.4, 0.5) is 11.6 Å². The van der Waals surface area contributed by atoms with Crippen LogP contribution in [-0.2, 0) is 14.8 Å². The van der Waals surface area contributed by atoms with Gasteiger partial charge in [0.25, 0.3) is 0 Å². The predicted molar refractivity (Wildman–Crippen MR) is 109 cm³/mol. The van der Waals surface area contributed by atoms with E-state index in [1.54, 1.807) is 0 Å². The summed E-state index contributed by atoms with van der Waals surface area (Å²) in [5, 5.41) is 9.56. The van der Waals surface area contributed by atoms with Crippen LogP contribution in [0, 0.1) is 0 Å². The lowest BCUT2D eigenvalue weighted by molar-refractivity contribution is -0.113. The Bertz CT molecular complexity index is 942. The van der Waals surface area contributed by atoms with E-state index in [-0.39, 0.29) is 33.2 Å². The second kappa shape index (κ2) is 9.12. The number of nitrogen functional groups attached to an aromatic ring is 1. The average Bonchev–Trinajstić information content (AvgIpc) is 2.90. The molecule has 152 valence electrons. The van der Waals surface area contributed by atoms with Crippen LogP contribution in [0.15, 0.2) is 28.3 Å². The Morgan fingerprint density at radius 1 is 1.29 bits per heavy atom. The zero-order valence-electron chi connectivity index (χ0n) is 15.0. The zero-order chi connectivity index (χ0) is 20.1. The smallest absolute Gasteiger partial charge is 0.243 e. The van der Waals surface area contributed by atoms with Gasteiger partial charge in [-0.2, -0.15) is 9.29 Å². The number of H-pyrrole nitrogens is 1. The van der Waals surface area contributed by atoms with Crippen molar-refractivity contribution in [1.29, 1.82) is 0 Å². The molecule has 1 aliphatic rings. The van der Waals surface area contributed by atoms with Crippen molar-refractivity contribution >= 4 is 50.9 Å². The van der Waals surface area contributed by atoms with Gasteiger partial charge in [0.05, 0.1) is 21.4 Å². The van der Waals surface area contributed by atoms with Gasteiger partial charge < -0.3 is 11.1 Å². The molecule has 1 saturated heterocycles. The number of carbonyl (C=O) groups excluding carboxylic acids is 1. The number of nitrogens with one attached hydrogen (secondary N) is 2. The number of benzene rings is 1. The highest BCUT2D eigenvalue weighted by atomic mass is 35.5. The summed E-state index contributed by atoms with van der Waals surface area (Å²) in [6.45, 7) is 1.01. The van der Waals surface area contributed by atoms with Gasteiger partial charge in [-0.15, -0.1) is 5.10 Å². The SMILES string of the molecule is Nc1nc(SCC(=O)Nc2cc(S(=O)(=O)N3CCCCCC3)ccc2Cl)n[nH]1. The van der Waals surface area contributed by atoms with Crippen LogP contribution in [0.1, 0.15) is 25.7 Å². The van der Waals surface area contributed by atoms with Crippen molar-refractivity contribution in [3.63, 3.8) is 0 Å². The first-order valence-electron chi connectivity index (χ1n) is 8.76. The molecule has 2 heterocycles. The van der Waals surface area contributed by atoms with E-state index < -0.39 is 10.0 Å². The molecule has 0 aliphatic carbocycles. The molecule has 1 fully saturated rings. The number of carbonyl (C=O) groups is 1. The Balaban J connectivity index is 1.70. The Morgan fingerprint density at radius 3 is 2.64 bits per heavy atom. The van der Waals surface area contributed by atoms with Crippen LogP contribution in [0.5, 0.6) is 0 Å². The molecule has 0 spiro atoms. The summed E-state index contributed by atoms with van der Waals surface area (Å²) in [5.41, 5.74) is 5.68. The van der Waals surface area contributed by atoms with Crippen LogP contribution >= 0.6 is 23.4 Å². The minimum atomic E-state index is -3.63. The van der Waals surface area contributed by atoms with Crippen molar-refractivity contribution in [3.05, 3.63) is 23.2 Å². The molecule has 28 heavy (non-hydrogen) atoms. The van der Waals surface area contributed by atoms with Gasteiger partial charge >= 0.3 is 0 Å². The van der Waals surface area contributed by atoms with Crippen LogP contribution < -0.4 is 11.1 Å². The number of aromatic nitrogens is 3. The lowest BCUT2D eigenvalue weighted by Gasteiger charge is -2.20. The number of aromatic amines is 1. The Hall–Kier alpha value is -1.82. The van der Waals surface area contributed by atoms with E-state index in [4.69, 9.17) is 17.3 Å². The molecule has 9 nitrogen and oxygen atoms in total. The summed E-state index contributed by atoms with van der Waals surface area (Å²) in [5.74, 6) is -0.173. The number of hydrogen-bond donors (Lipinski definition) is 3. The molecule has 4 N–H and O–H groups in total. The van der Waals surface area contributed by atoms with Gasteiger partial charge in [-0.25, -0.2) is 13.5 Å². The molecule has 0 saturated carbocycles. The van der Waals surface area contributed by atoms with Crippen LogP contribution in [0.3, 0.4) is 0 Å². The average molecular weight is 445 g/mol. The summed E-state index contributed by atoms with van der Waals surface area (Å²) < 4.78 is 27.4. The summed E-state index contributed by atoms with van der Waals surface area (Å²) in [4.78, 5) is 16.2. The van der Waals surface area contributed by atoms with Crippen molar-refractivity contribution in [3.8, 4) is 0 Å². The standard InChI is InChI=1S/C16H21ClN6O3S2/c17-12-6-5-11(28(25,26)23-7-3-1-2-4-8-23)9-13(12)19-14(24)10-27-16-20-15(18)21-22-16/h5-6,9H,1-4,7-8,10H2,(H,19,24)(H3,18,20,21,22). The maximum Gasteiger partial charge on any atom is 0.243 e. The van der Waals surface area contributed by atoms with Gasteiger partial charge in [-0.05, 0) is 31.0 Å². The van der Waals surface area contributed by atoms with E-state index in [0.29, 0.717) is 18.2 Å². The largest absolute Gasteiger partial charge is 0.368 e. The van der Waals surface area contributed by atoms with Gasteiger partial charge in [-0.1, -0.05) is 36.2 Å². The molecule has 3 rings (SSSR count). The number of rotatable bonds is 6. The molecule has 1 aromatic heterocycles. The van der Waals surface area contributed by atoms with Crippen molar-refractivity contribution in [2.24, 2.45) is 0 Å². The summed E-state index contributed by atoms with van der Waals surface area (Å²) in [6.07, 6.45) is 3.75. The number of sulfonamides is 1. The van der Waals surface area contributed by atoms with E-state index in [0.717, 1.165) is 37.4 Å². The van der Waals surface area contributed by atoms with E-state index >= 15 is 0 Å². The highest BCUT2D eigenvalue weighted by molar-refractivity contribution is 7.99. The fraction of sp³-hybridized carbons (Fsp3) is 0.438. The first-order valence-corrected chi connectivity index (χ1v) is 11.6. The number of nitrogens with two attached hydrogens (primary N) is 1. The molecule has 1 aromatic carbocycles. The molecule has 0 atom stereocenters. The number of nitrogens with zero attached hydrogens (tertiary/aromatic N) is 3. The second-order valence-electron chi connectivity index (χ2n) is 6.30. The third-order valence-corrected chi connectivity index (χ3v) is 7.30. The third-order valence-electron chi connectivity index (χ3n) is 4.23. The van der Waals surface area contributed by atoms with Crippen LogP contribution in [0.25, 0.3) is 0 Å². The molecular weight excluding hydrogens is 424 g/mol. The number of thioether (sulfide) groups is 1. The highest BCUT2D eigenvalue weighted by Gasteiger charge is 2.26. The summed E-state index contributed by atoms with van der Waals surface area (Å²) >= 11 is 7.24. The third kappa shape index (κ3) is 5.16. The summed E-state index contributed by atoms with van der Waals surface area (Å²) in [6, 6.07) is 4.34. The number of anilines is 2. The Morgan fingerprint density at radius 2 is 2.00 bits per heavy atom. The van der Waals surface area contributed by atoms with E-state index in [1.165, 1.54) is 22.5 Å². The Labute approximate surface area is 172 Å². The lowest BCUT2D eigenvalue weighted by atomic mass is 10.2. The van der Waals surface area contributed by atoms with Crippen LogP contribution in [-0.4, -0.2) is 52.7 Å². The number of halogens is 1. The number of hydrogen-bond acceptors (Lipinski definition) is 7. The van der Waals surface area contributed by atoms with E-state index in [9.17, 15) is 13.2 Å². The molecule has 12 heteroatoms. The highest BCUT2D eigenvalue weighted by Crippen LogP contribution is 2.28. The fourth-order valence-corrected chi connectivity index (χ4v) is 5.14. The maximum absolute atomic E-state index is 12.9. The lowest BCUT2D eigenvalue weighted by Crippen LogP contribution is -2.32. The Kier molecular flexibility index (Phi) is 6.81. The predicted octanol–water partition coefficient (Wildman–Crippen LogP) is 2.34. The first-order chi connectivity index (χ1) is 13.4. The number of amides is 1. The van der Waals surface area contributed by atoms with Crippen molar-refractivity contribution < 1.29 is 13.2 Å².